The van der Waals surface area contributed by atoms with Crippen molar-refractivity contribution in [2.24, 2.45) is 5.92 Å². The van der Waals surface area contributed by atoms with Crippen molar-refractivity contribution in [2.45, 2.75) is 83.2 Å². The van der Waals surface area contributed by atoms with Crippen molar-refractivity contribution in [3.8, 4) is 5.75 Å². The fourth-order valence-corrected chi connectivity index (χ4v) is 8.54. The van der Waals surface area contributed by atoms with E-state index in [4.69, 9.17) is 14.1 Å². The maximum absolute atomic E-state index is 13.6. The number of fused-ring (bicyclic) bond motifs is 1. The van der Waals surface area contributed by atoms with Gasteiger partial charge in [-0.15, -0.1) is 0 Å². The maximum Gasteiger partial charge on any atom is 0.387 e. The first-order valence-corrected chi connectivity index (χ1v) is 17.0. The van der Waals surface area contributed by atoms with Crippen LogP contribution in [0, 0.1) is 12.8 Å². The van der Waals surface area contributed by atoms with Crippen LogP contribution < -0.4 is 4.74 Å². The molecule has 10 heteroatoms. The molecule has 3 aromatic rings. The lowest BCUT2D eigenvalue weighted by Crippen LogP contribution is -2.55. The number of benzene rings is 2. The van der Waals surface area contributed by atoms with E-state index in [0.717, 1.165) is 32.4 Å². The highest BCUT2D eigenvalue weighted by atomic mass is 19.3. The molecule has 4 heterocycles. The number of piperidine rings is 1. The summed E-state index contributed by atoms with van der Waals surface area (Å²) in [6.45, 7) is 6.18. The zero-order valence-electron chi connectivity index (χ0n) is 27.2. The zero-order chi connectivity index (χ0) is 32.7. The Morgan fingerprint density at radius 1 is 1.09 bits per heavy atom. The molecule has 1 aliphatic carbocycles. The Hall–Kier alpha value is -3.60. The van der Waals surface area contributed by atoms with Crippen molar-refractivity contribution in [1.82, 2.24) is 19.7 Å². The van der Waals surface area contributed by atoms with Crippen molar-refractivity contribution in [1.29, 1.82) is 0 Å². The molecule has 0 radical (unpaired) electrons. The number of hydrogen-bond donors (Lipinski definition) is 1. The van der Waals surface area contributed by atoms with Gasteiger partial charge >= 0.3 is 12.6 Å². The summed E-state index contributed by atoms with van der Waals surface area (Å²) in [6.07, 6.45) is 12.4. The number of aromatic nitrogens is 1. The average Bonchev–Trinajstić information content (AvgIpc) is 3.84. The molecule has 1 aromatic heterocycles. The van der Waals surface area contributed by atoms with Gasteiger partial charge in [-0.25, -0.2) is 4.98 Å². The van der Waals surface area contributed by atoms with E-state index in [0.29, 0.717) is 41.6 Å². The number of aryl methyl sites for hydroxylation is 1. The van der Waals surface area contributed by atoms with E-state index < -0.39 is 24.2 Å². The normalized spacial score (nSPS) is 26.4. The average molecular weight is 647 g/mol. The van der Waals surface area contributed by atoms with Gasteiger partial charge in [0.2, 0.25) is 5.89 Å². The van der Waals surface area contributed by atoms with Crippen molar-refractivity contribution in [3.63, 3.8) is 0 Å². The Morgan fingerprint density at radius 2 is 1.85 bits per heavy atom. The van der Waals surface area contributed by atoms with E-state index in [2.05, 4.69) is 66.1 Å². The summed E-state index contributed by atoms with van der Waals surface area (Å²) in [7, 11) is 0. The minimum atomic E-state index is -3.03. The summed E-state index contributed by atoms with van der Waals surface area (Å²) in [6, 6.07) is 11.6. The van der Waals surface area contributed by atoms with Crippen LogP contribution in [0.15, 0.2) is 59.0 Å². The van der Waals surface area contributed by atoms with Crippen molar-refractivity contribution in [2.75, 3.05) is 32.7 Å². The van der Waals surface area contributed by atoms with Gasteiger partial charge in [0.25, 0.3) is 0 Å². The molecule has 3 fully saturated rings. The first-order chi connectivity index (χ1) is 22.7. The number of likely N-dealkylation sites (tertiary alicyclic amines) is 3. The Kier molecular flexibility index (Phi) is 8.93. The van der Waals surface area contributed by atoms with Crippen LogP contribution in [0.25, 0.3) is 16.7 Å². The summed E-state index contributed by atoms with van der Waals surface area (Å²) < 4.78 is 38.9. The number of carboxylic acid groups (broad SMARTS) is 1. The monoisotopic (exact) mass is 646 g/mol. The Morgan fingerprint density at radius 3 is 2.57 bits per heavy atom. The van der Waals surface area contributed by atoms with Gasteiger partial charge in [0.15, 0.2) is 5.58 Å². The second kappa shape index (κ2) is 13.1. The summed E-state index contributed by atoms with van der Waals surface area (Å²) in [5.41, 5.74) is 4.26. The minimum absolute atomic E-state index is 0.0144. The van der Waals surface area contributed by atoms with E-state index in [9.17, 15) is 18.7 Å². The van der Waals surface area contributed by atoms with Gasteiger partial charge in [0, 0.05) is 43.2 Å². The van der Waals surface area contributed by atoms with Crippen LogP contribution in [0.1, 0.15) is 68.0 Å². The summed E-state index contributed by atoms with van der Waals surface area (Å²) >= 11 is 0. The van der Waals surface area contributed by atoms with Crippen molar-refractivity contribution in [3.05, 3.63) is 77.2 Å². The van der Waals surface area contributed by atoms with Crippen molar-refractivity contribution < 1.29 is 27.8 Å². The number of ether oxygens (including phenoxy) is 1. The van der Waals surface area contributed by atoms with Gasteiger partial charge in [-0.2, -0.15) is 8.78 Å². The van der Waals surface area contributed by atoms with Crippen LogP contribution in [-0.2, 0) is 16.9 Å². The van der Waals surface area contributed by atoms with Gasteiger partial charge in [-0.1, -0.05) is 49.4 Å². The van der Waals surface area contributed by atoms with Crippen molar-refractivity contribution >= 4 is 22.6 Å². The largest absolute Gasteiger partial charge is 0.480 e. The summed E-state index contributed by atoms with van der Waals surface area (Å²) in [5.74, 6) is -0.420. The third kappa shape index (κ3) is 6.00. The number of hydrogen-bond acceptors (Lipinski definition) is 7. The number of allylic oxidation sites excluding steroid dienone is 2. The number of oxazole rings is 1. The van der Waals surface area contributed by atoms with Crippen LogP contribution in [0.5, 0.6) is 5.75 Å². The molecule has 0 bridgehead atoms. The number of rotatable bonds is 9. The Labute approximate surface area is 274 Å². The number of carbonyl (C=O) groups is 1. The Balaban J connectivity index is 1.29. The standard InChI is InChI=1S/C37H44F2N4O4/c1-24-9-3-4-10-28(24)29-11-7-15-37(25(29)2,43-19-13-27(14-20-43)41-16-5-6-17-41)35-40-30-21-26(23-42-18-8-12-31(42)34(44)45)32(47-36(38)39)22-33(30)46-35/h3-4,7,9-11,15,21-22,25,27,31,36H,5-6,8,12-14,16-20,23H2,1-2H3,(H,44,45)/t25?,31-,37?/m0/s1. The molecule has 0 spiro atoms. The first-order valence-electron chi connectivity index (χ1n) is 17.0. The SMILES string of the molecule is Cc1ccccc1C1=CC=CC(c2nc3cc(CN4CCC[C@H]4C(=O)O)c(OC(F)F)cc3o2)(N2CCC(N3CCCC3)CC2)C1C. The van der Waals surface area contributed by atoms with E-state index >= 15 is 0 Å². The minimum Gasteiger partial charge on any atom is -0.480 e. The van der Waals surface area contributed by atoms with Crippen LogP contribution >= 0.6 is 0 Å². The fraction of sp³-hybridized carbons (Fsp3) is 0.514. The first kappa shape index (κ1) is 32.0. The fourth-order valence-electron chi connectivity index (χ4n) is 8.54. The molecule has 7 rings (SSSR count). The summed E-state index contributed by atoms with van der Waals surface area (Å²) in [5, 5.41) is 9.73. The lowest BCUT2D eigenvalue weighted by atomic mass is 9.72. The van der Waals surface area contributed by atoms with Gasteiger partial charge < -0.3 is 19.2 Å². The van der Waals surface area contributed by atoms with E-state index in [1.54, 1.807) is 11.0 Å². The predicted molar refractivity (Wildman–Crippen MR) is 176 cm³/mol. The quantitative estimate of drug-likeness (QED) is 0.271. The van der Waals surface area contributed by atoms with Gasteiger partial charge in [0.1, 0.15) is 22.8 Å². The second-order valence-electron chi connectivity index (χ2n) is 13.6. The maximum atomic E-state index is 13.6. The third-order valence-electron chi connectivity index (χ3n) is 11.0. The molecule has 3 atom stereocenters. The smallest absolute Gasteiger partial charge is 0.387 e. The van der Waals surface area contributed by atoms with Crippen LogP contribution in [0.2, 0.25) is 0 Å². The molecule has 8 nitrogen and oxygen atoms in total. The predicted octanol–water partition coefficient (Wildman–Crippen LogP) is 6.83. The number of aliphatic carboxylic acids is 1. The molecule has 250 valence electrons. The topological polar surface area (TPSA) is 82.3 Å². The molecule has 0 saturated carbocycles. The molecule has 2 unspecified atom stereocenters. The van der Waals surface area contributed by atoms with Crippen LogP contribution in [-0.4, -0.2) is 82.2 Å². The molecule has 3 aliphatic heterocycles. The van der Waals surface area contributed by atoms with Gasteiger partial charge in [-0.05, 0) is 87.8 Å². The van der Waals surface area contributed by atoms with E-state index in [-0.39, 0.29) is 18.2 Å². The number of halogens is 2. The molecule has 2 aromatic carbocycles. The second-order valence-corrected chi connectivity index (χ2v) is 13.6. The highest BCUT2D eigenvalue weighted by molar-refractivity contribution is 5.78. The third-order valence-corrected chi connectivity index (χ3v) is 11.0. The molecular formula is C37H44F2N4O4. The van der Waals surface area contributed by atoms with E-state index in [1.165, 1.54) is 48.7 Å². The number of nitrogens with zero attached hydrogens (tertiary/aromatic N) is 4. The lowest BCUT2D eigenvalue weighted by molar-refractivity contribution is -0.142. The Bertz CT molecular complexity index is 1670. The number of alkyl halides is 2. The molecular weight excluding hydrogens is 602 g/mol. The summed E-state index contributed by atoms with van der Waals surface area (Å²) in [4.78, 5) is 24.0. The van der Waals surface area contributed by atoms with E-state index in [1.807, 2.05) is 0 Å². The number of carboxylic acids is 1. The molecule has 1 N–H and O–H groups in total. The van der Waals surface area contributed by atoms with Gasteiger partial charge in [0.05, 0.1) is 0 Å². The highest BCUT2D eigenvalue weighted by Crippen LogP contribution is 2.49. The van der Waals surface area contributed by atoms with Crippen LogP contribution in [0.4, 0.5) is 8.78 Å². The van der Waals surface area contributed by atoms with Gasteiger partial charge in [-0.3, -0.25) is 14.6 Å². The van der Waals surface area contributed by atoms with Crippen LogP contribution in [0.3, 0.4) is 0 Å². The molecule has 4 aliphatic rings. The lowest BCUT2D eigenvalue weighted by Gasteiger charge is -2.49. The molecule has 3 saturated heterocycles. The highest BCUT2D eigenvalue weighted by Gasteiger charge is 2.49. The molecule has 47 heavy (non-hydrogen) atoms. The zero-order valence-corrected chi connectivity index (χ0v) is 27.2. The molecule has 0 amide bonds.